The van der Waals surface area contributed by atoms with Crippen molar-refractivity contribution in [2.75, 3.05) is 18.5 Å². The first-order valence-electron chi connectivity index (χ1n) is 12.9. The van der Waals surface area contributed by atoms with Gasteiger partial charge >= 0.3 is 12.0 Å². The fraction of sp³-hybridized carbons (Fsp3) is 0.296. The Balaban J connectivity index is 1.31. The predicted molar refractivity (Wildman–Crippen MR) is 140 cm³/mol. The van der Waals surface area contributed by atoms with Crippen LogP contribution in [0.4, 0.5) is 19.4 Å². The van der Waals surface area contributed by atoms with Gasteiger partial charge in [0.1, 0.15) is 54.2 Å². The Morgan fingerprint density at radius 1 is 1.05 bits per heavy atom. The van der Waals surface area contributed by atoms with Gasteiger partial charge in [-0.2, -0.15) is 0 Å². The fourth-order valence-electron chi connectivity index (χ4n) is 4.92. The van der Waals surface area contributed by atoms with Gasteiger partial charge in [-0.05, 0) is 31.2 Å². The summed E-state index contributed by atoms with van der Waals surface area (Å²) in [4.78, 5) is 36.6. The van der Waals surface area contributed by atoms with E-state index in [4.69, 9.17) is 18.9 Å². The molecule has 15 heteroatoms. The van der Waals surface area contributed by atoms with Gasteiger partial charge < -0.3 is 29.4 Å². The Labute approximate surface area is 236 Å². The molecule has 4 heterocycles. The molecule has 6 rings (SSSR count). The highest BCUT2D eigenvalue weighted by molar-refractivity contribution is 5.95. The molecule has 0 aliphatic carbocycles. The van der Waals surface area contributed by atoms with E-state index in [9.17, 15) is 23.5 Å². The Morgan fingerprint density at radius 2 is 1.83 bits per heavy atom. The average molecular weight is 583 g/mol. The highest BCUT2D eigenvalue weighted by atomic mass is 19.1. The van der Waals surface area contributed by atoms with Crippen LogP contribution in [0.3, 0.4) is 0 Å². The maximum atomic E-state index is 14.2. The summed E-state index contributed by atoms with van der Waals surface area (Å²) >= 11 is 0. The lowest BCUT2D eigenvalue weighted by molar-refractivity contribution is -0.152. The molecule has 0 bridgehead atoms. The number of fused-ring (bicyclic) bond motifs is 2. The van der Waals surface area contributed by atoms with Gasteiger partial charge in [-0.25, -0.2) is 33.3 Å². The van der Waals surface area contributed by atoms with Gasteiger partial charge in [0, 0.05) is 12.1 Å². The van der Waals surface area contributed by atoms with E-state index in [1.54, 1.807) is 11.5 Å². The molecule has 4 unspecified atom stereocenters. The number of carbonyl (C=O) groups excluding carboxylic acids is 1. The van der Waals surface area contributed by atoms with E-state index in [1.807, 2.05) is 0 Å². The Hall–Kier alpha value is -4.73. The third-order valence-electron chi connectivity index (χ3n) is 6.78. The number of carbonyl (C=O) groups is 2. The molecular weight excluding hydrogens is 558 g/mol. The molecule has 4 aromatic rings. The number of aromatic nitrogens is 4. The third kappa shape index (κ3) is 5.08. The Bertz CT molecular complexity index is 1640. The number of aromatic carboxylic acids is 1. The number of anilines is 1. The maximum absolute atomic E-state index is 14.2. The van der Waals surface area contributed by atoms with Gasteiger partial charge in [0.15, 0.2) is 29.5 Å². The van der Waals surface area contributed by atoms with Crippen LogP contribution in [-0.4, -0.2) is 68.1 Å². The monoisotopic (exact) mass is 582 g/mol. The minimum atomic E-state index is -1.48. The van der Waals surface area contributed by atoms with Crippen molar-refractivity contribution in [2.45, 2.75) is 37.8 Å². The first kappa shape index (κ1) is 27.4. The standard InChI is InChI=1S/C27H24F2N6O7/c1-2-30-27(38)34-22-19-23(32-11-31-22)35(12-33-19)24-21-20(41-26(42-21)13-6-8-14(28)9-7-13)17(40-24)10-39-16-5-3-4-15(29)18(16)25(36)37/h3-9,11-12,17,20-21,24,26H,2,10H2,1H3,(H,36,37)(H2,30,31,32,34,38)/t17?,20?,21?,24?,26-/m0/s1. The number of imidazole rings is 1. The summed E-state index contributed by atoms with van der Waals surface area (Å²) in [5.74, 6) is -2.84. The van der Waals surface area contributed by atoms with E-state index in [0.717, 1.165) is 6.07 Å². The minimum Gasteiger partial charge on any atom is -0.490 e. The van der Waals surface area contributed by atoms with Crippen molar-refractivity contribution < 1.29 is 42.4 Å². The number of amides is 2. The van der Waals surface area contributed by atoms with Crippen LogP contribution in [0.15, 0.2) is 55.1 Å². The van der Waals surface area contributed by atoms with Crippen molar-refractivity contribution in [1.29, 1.82) is 0 Å². The fourth-order valence-corrected chi connectivity index (χ4v) is 4.92. The maximum Gasteiger partial charge on any atom is 0.342 e. The smallest absolute Gasteiger partial charge is 0.342 e. The lowest BCUT2D eigenvalue weighted by Crippen LogP contribution is -2.33. The number of halogens is 2. The molecule has 0 radical (unpaired) electrons. The zero-order chi connectivity index (χ0) is 29.4. The van der Waals surface area contributed by atoms with Gasteiger partial charge in [0.2, 0.25) is 0 Å². The molecule has 42 heavy (non-hydrogen) atoms. The summed E-state index contributed by atoms with van der Waals surface area (Å²) in [7, 11) is 0. The van der Waals surface area contributed by atoms with Crippen molar-refractivity contribution in [3.63, 3.8) is 0 Å². The summed E-state index contributed by atoms with van der Waals surface area (Å²) in [5.41, 5.74) is 0.576. The second-order valence-corrected chi connectivity index (χ2v) is 9.41. The van der Waals surface area contributed by atoms with Crippen molar-refractivity contribution in [1.82, 2.24) is 24.8 Å². The molecule has 218 valence electrons. The molecular formula is C27H24F2N6O7. The molecule has 5 atom stereocenters. The second kappa shape index (κ2) is 11.3. The molecule has 2 aromatic carbocycles. The number of ether oxygens (including phenoxy) is 4. The van der Waals surface area contributed by atoms with Gasteiger partial charge in [-0.15, -0.1) is 0 Å². The van der Waals surface area contributed by atoms with Gasteiger partial charge in [-0.3, -0.25) is 9.88 Å². The number of nitrogens with zero attached hydrogens (tertiary/aromatic N) is 4. The predicted octanol–water partition coefficient (Wildman–Crippen LogP) is 3.40. The van der Waals surface area contributed by atoms with Crippen LogP contribution in [0.1, 0.15) is 35.4 Å². The number of urea groups is 1. The van der Waals surface area contributed by atoms with E-state index in [1.165, 1.54) is 49.1 Å². The van der Waals surface area contributed by atoms with Crippen LogP contribution < -0.4 is 15.4 Å². The number of nitrogens with one attached hydrogen (secondary N) is 2. The van der Waals surface area contributed by atoms with E-state index >= 15 is 0 Å². The third-order valence-corrected chi connectivity index (χ3v) is 6.78. The largest absolute Gasteiger partial charge is 0.490 e. The molecule has 2 aliphatic rings. The zero-order valence-corrected chi connectivity index (χ0v) is 21.9. The van der Waals surface area contributed by atoms with E-state index < -0.39 is 60.0 Å². The summed E-state index contributed by atoms with van der Waals surface area (Å²) in [5, 5.41) is 14.7. The molecule has 13 nitrogen and oxygen atoms in total. The number of hydrogen-bond acceptors (Lipinski definition) is 9. The highest BCUT2D eigenvalue weighted by Crippen LogP contribution is 2.45. The van der Waals surface area contributed by atoms with Crippen LogP contribution in [0.2, 0.25) is 0 Å². The Morgan fingerprint density at radius 3 is 2.60 bits per heavy atom. The lowest BCUT2D eigenvalue weighted by atomic mass is 10.1. The molecule has 2 amide bonds. The molecule has 2 saturated heterocycles. The number of hydrogen-bond donors (Lipinski definition) is 3. The zero-order valence-electron chi connectivity index (χ0n) is 21.9. The van der Waals surface area contributed by atoms with E-state index in [0.29, 0.717) is 23.3 Å². The van der Waals surface area contributed by atoms with Crippen molar-refractivity contribution in [3.8, 4) is 5.75 Å². The molecule has 3 N–H and O–H groups in total. The molecule has 2 fully saturated rings. The normalized spacial score (nSPS) is 23.1. The topological polar surface area (TPSA) is 159 Å². The summed E-state index contributed by atoms with van der Waals surface area (Å²) in [6, 6.07) is 8.87. The van der Waals surface area contributed by atoms with E-state index in [-0.39, 0.29) is 18.2 Å². The number of rotatable bonds is 8. The molecule has 0 spiro atoms. The summed E-state index contributed by atoms with van der Waals surface area (Å²) in [6.45, 7) is 1.97. The van der Waals surface area contributed by atoms with Gasteiger partial charge in [0.05, 0.1) is 6.33 Å². The number of carboxylic acids is 1. The number of benzene rings is 2. The number of carboxylic acid groups (broad SMARTS) is 1. The van der Waals surface area contributed by atoms with Crippen molar-refractivity contribution in [3.05, 3.63) is 77.9 Å². The lowest BCUT2D eigenvalue weighted by Gasteiger charge is -2.22. The van der Waals surface area contributed by atoms with Crippen LogP contribution in [0, 0.1) is 11.6 Å². The molecule has 2 aromatic heterocycles. The van der Waals surface area contributed by atoms with Crippen molar-refractivity contribution >= 4 is 29.0 Å². The summed E-state index contributed by atoms with van der Waals surface area (Å²) in [6.07, 6.45) is -1.32. The quantitative estimate of drug-likeness (QED) is 0.281. The summed E-state index contributed by atoms with van der Waals surface area (Å²) < 4.78 is 53.8. The van der Waals surface area contributed by atoms with E-state index in [2.05, 4.69) is 25.6 Å². The van der Waals surface area contributed by atoms with Gasteiger partial charge in [-0.1, -0.05) is 18.2 Å². The SMILES string of the molecule is CCNC(=O)Nc1ncnc2c1ncn2C1OC(COc2cccc(F)c2C(=O)O)C2O[C@H](c3ccc(F)cc3)OC21. The minimum absolute atomic E-state index is 0.179. The van der Waals surface area contributed by atoms with Crippen LogP contribution in [0.25, 0.3) is 11.2 Å². The molecule has 0 saturated carbocycles. The average Bonchev–Trinajstić information content (AvgIpc) is 3.67. The first-order chi connectivity index (χ1) is 20.3. The second-order valence-electron chi connectivity index (χ2n) is 9.41. The molecule has 2 aliphatic heterocycles. The first-order valence-corrected chi connectivity index (χ1v) is 12.9. The van der Waals surface area contributed by atoms with Crippen LogP contribution in [-0.2, 0) is 14.2 Å². The highest BCUT2D eigenvalue weighted by Gasteiger charge is 2.54. The van der Waals surface area contributed by atoms with Crippen molar-refractivity contribution in [2.24, 2.45) is 0 Å². The van der Waals surface area contributed by atoms with Gasteiger partial charge in [0.25, 0.3) is 0 Å². The van der Waals surface area contributed by atoms with Crippen LogP contribution >= 0.6 is 0 Å². The van der Waals surface area contributed by atoms with Crippen LogP contribution in [0.5, 0.6) is 5.75 Å². The Kier molecular flexibility index (Phi) is 7.36.